The fourth-order valence-electron chi connectivity index (χ4n) is 1.95. The lowest BCUT2D eigenvalue weighted by atomic mass is 10.3. The Balaban J connectivity index is 1.67. The third kappa shape index (κ3) is 3.70. The smallest absolute Gasteiger partial charge is 0.250 e. The molecule has 0 amide bonds. The summed E-state index contributed by atoms with van der Waals surface area (Å²) in [5.41, 5.74) is 1.76. The van der Waals surface area contributed by atoms with Crippen LogP contribution in [-0.2, 0) is 23.1 Å². The minimum absolute atomic E-state index is 0.217. The highest BCUT2D eigenvalue weighted by Crippen LogP contribution is 2.27. The summed E-state index contributed by atoms with van der Waals surface area (Å²) in [4.78, 5) is 7.82. The predicted molar refractivity (Wildman–Crippen MR) is 81.5 cm³/mol. The number of H-pyrrole nitrogens is 1. The number of hydrogen-bond donors (Lipinski definition) is 3. The lowest BCUT2D eigenvalue weighted by Gasteiger charge is -2.03. The highest BCUT2D eigenvalue weighted by atomic mass is 32.2. The number of thiophene rings is 1. The van der Waals surface area contributed by atoms with E-state index in [4.69, 9.17) is 0 Å². The molecule has 1 aliphatic rings. The molecule has 114 valence electrons. The Kier molecular flexibility index (Phi) is 4.12. The SMILES string of the molecule is Cc1cc(S(=O)(=O)NCc2cnc[nH]2)sc1CNC1CC1. The van der Waals surface area contributed by atoms with Gasteiger partial charge in [0.2, 0.25) is 10.0 Å². The second-order valence-corrected chi connectivity index (χ2v) is 8.36. The van der Waals surface area contributed by atoms with Crippen molar-refractivity contribution >= 4 is 21.4 Å². The Morgan fingerprint density at radius 2 is 2.24 bits per heavy atom. The lowest BCUT2D eigenvalue weighted by molar-refractivity contribution is 0.582. The number of aryl methyl sites for hydroxylation is 1. The zero-order valence-electron chi connectivity index (χ0n) is 11.7. The fraction of sp³-hybridized carbons (Fsp3) is 0.462. The molecule has 1 aliphatic carbocycles. The van der Waals surface area contributed by atoms with Crippen molar-refractivity contribution in [2.45, 2.75) is 43.1 Å². The summed E-state index contributed by atoms with van der Waals surface area (Å²) in [5, 5.41) is 3.41. The van der Waals surface area contributed by atoms with Gasteiger partial charge in [0.05, 0.1) is 12.9 Å². The Morgan fingerprint density at radius 3 is 2.90 bits per heavy atom. The van der Waals surface area contributed by atoms with Crippen LogP contribution in [0, 0.1) is 6.92 Å². The van der Waals surface area contributed by atoms with Crippen LogP contribution in [0.25, 0.3) is 0 Å². The molecule has 8 heteroatoms. The van der Waals surface area contributed by atoms with E-state index in [2.05, 4.69) is 20.0 Å². The first-order chi connectivity index (χ1) is 10.0. The molecule has 1 fully saturated rings. The Morgan fingerprint density at radius 1 is 1.43 bits per heavy atom. The topological polar surface area (TPSA) is 86.9 Å². The van der Waals surface area contributed by atoms with Gasteiger partial charge in [-0.05, 0) is 31.4 Å². The standard InChI is InChI=1S/C13H18N4O2S2/c1-9-4-13(20-12(9)7-15-10-2-3-10)21(18,19)17-6-11-5-14-8-16-11/h4-5,8,10,15,17H,2-3,6-7H2,1H3,(H,14,16). The van der Waals surface area contributed by atoms with Crippen LogP contribution in [0.4, 0.5) is 0 Å². The van der Waals surface area contributed by atoms with E-state index in [0.29, 0.717) is 10.3 Å². The Hall–Kier alpha value is -1.22. The van der Waals surface area contributed by atoms with E-state index in [1.807, 2.05) is 6.92 Å². The van der Waals surface area contributed by atoms with E-state index >= 15 is 0 Å². The van der Waals surface area contributed by atoms with Gasteiger partial charge in [0.1, 0.15) is 4.21 Å². The Bertz CT molecular complexity index is 703. The second-order valence-electron chi connectivity index (χ2n) is 5.23. The van der Waals surface area contributed by atoms with Crippen molar-refractivity contribution < 1.29 is 8.42 Å². The molecule has 21 heavy (non-hydrogen) atoms. The quantitative estimate of drug-likeness (QED) is 0.720. The molecular weight excluding hydrogens is 308 g/mol. The van der Waals surface area contributed by atoms with Crippen LogP contribution in [0.15, 0.2) is 22.8 Å². The maximum absolute atomic E-state index is 12.3. The van der Waals surface area contributed by atoms with Crippen LogP contribution < -0.4 is 10.0 Å². The molecule has 3 rings (SSSR count). The zero-order valence-corrected chi connectivity index (χ0v) is 13.4. The molecule has 0 atom stereocenters. The fourth-order valence-corrected chi connectivity index (χ4v) is 4.54. The zero-order chi connectivity index (χ0) is 14.9. The molecule has 1 saturated carbocycles. The van der Waals surface area contributed by atoms with Crippen molar-refractivity contribution in [3.05, 3.63) is 34.7 Å². The molecule has 6 nitrogen and oxygen atoms in total. The maximum atomic E-state index is 12.3. The van der Waals surface area contributed by atoms with Crippen molar-refractivity contribution in [2.75, 3.05) is 0 Å². The van der Waals surface area contributed by atoms with Gasteiger partial charge in [-0.1, -0.05) is 0 Å². The van der Waals surface area contributed by atoms with Gasteiger partial charge in [-0.25, -0.2) is 18.1 Å². The molecule has 2 aromatic heterocycles. The van der Waals surface area contributed by atoms with Crippen LogP contribution in [0.2, 0.25) is 0 Å². The number of rotatable bonds is 7. The van der Waals surface area contributed by atoms with Crippen LogP contribution >= 0.6 is 11.3 Å². The minimum Gasteiger partial charge on any atom is -0.347 e. The number of hydrogen-bond acceptors (Lipinski definition) is 5. The van der Waals surface area contributed by atoms with Gasteiger partial charge in [-0.3, -0.25) is 0 Å². The molecule has 2 heterocycles. The van der Waals surface area contributed by atoms with E-state index in [0.717, 1.165) is 22.7 Å². The second kappa shape index (κ2) is 5.88. The summed E-state index contributed by atoms with van der Waals surface area (Å²) in [7, 11) is -3.47. The number of aromatic nitrogens is 2. The van der Waals surface area contributed by atoms with Gasteiger partial charge >= 0.3 is 0 Å². The highest BCUT2D eigenvalue weighted by Gasteiger charge is 2.22. The third-order valence-electron chi connectivity index (χ3n) is 3.40. The Labute approximate surface area is 128 Å². The van der Waals surface area contributed by atoms with Crippen molar-refractivity contribution in [3.63, 3.8) is 0 Å². The van der Waals surface area contributed by atoms with Gasteiger partial charge < -0.3 is 10.3 Å². The van der Waals surface area contributed by atoms with Gasteiger partial charge in [0.15, 0.2) is 0 Å². The monoisotopic (exact) mass is 326 g/mol. The van der Waals surface area contributed by atoms with E-state index < -0.39 is 10.0 Å². The van der Waals surface area contributed by atoms with E-state index in [-0.39, 0.29) is 6.54 Å². The summed E-state index contributed by atoms with van der Waals surface area (Å²) in [5.74, 6) is 0. The third-order valence-corrected chi connectivity index (χ3v) is 6.51. The molecule has 0 aliphatic heterocycles. The van der Waals surface area contributed by atoms with Gasteiger partial charge in [0.25, 0.3) is 0 Å². The average Bonchev–Trinajstić information content (AvgIpc) is 2.98. The molecule has 0 unspecified atom stereocenters. The van der Waals surface area contributed by atoms with Gasteiger partial charge in [-0.2, -0.15) is 0 Å². The summed E-state index contributed by atoms with van der Waals surface area (Å²) in [6, 6.07) is 2.36. The van der Waals surface area contributed by atoms with Crippen LogP contribution in [0.5, 0.6) is 0 Å². The van der Waals surface area contributed by atoms with E-state index in [1.54, 1.807) is 12.3 Å². The normalized spacial score (nSPS) is 15.5. The van der Waals surface area contributed by atoms with E-state index in [9.17, 15) is 8.42 Å². The lowest BCUT2D eigenvalue weighted by Crippen LogP contribution is -2.22. The van der Waals surface area contributed by atoms with Crippen molar-refractivity contribution in [2.24, 2.45) is 0 Å². The van der Waals surface area contributed by atoms with Crippen LogP contribution in [0.3, 0.4) is 0 Å². The summed E-state index contributed by atoms with van der Waals surface area (Å²) in [6.45, 7) is 2.92. The van der Waals surface area contributed by atoms with Gasteiger partial charge in [0, 0.05) is 29.4 Å². The molecule has 3 N–H and O–H groups in total. The number of sulfonamides is 1. The number of imidazole rings is 1. The summed E-state index contributed by atoms with van der Waals surface area (Å²) < 4.78 is 27.5. The largest absolute Gasteiger partial charge is 0.347 e. The summed E-state index contributed by atoms with van der Waals surface area (Å²) in [6.07, 6.45) is 5.58. The first-order valence-corrected chi connectivity index (χ1v) is 9.14. The van der Waals surface area contributed by atoms with Crippen molar-refractivity contribution in [3.8, 4) is 0 Å². The molecule has 2 aromatic rings. The van der Waals surface area contributed by atoms with E-state index in [1.165, 1.54) is 30.5 Å². The van der Waals surface area contributed by atoms with Gasteiger partial charge in [-0.15, -0.1) is 11.3 Å². The molecular formula is C13H18N4O2S2. The molecule has 0 radical (unpaired) electrons. The maximum Gasteiger partial charge on any atom is 0.250 e. The van der Waals surface area contributed by atoms with Crippen LogP contribution in [0.1, 0.15) is 29.0 Å². The first kappa shape index (κ1) is 14.7. The average molecular weight is 326 g/mol. The minimum atomic E-state index is -3.47. The molecule has 0 saturated heterocycles. The molecule has 0 aromatic carbocycles. The predicted octanol–water partition coefficient (Wildman–Crippen LogP) is 1.51. The first-order valence-electron chi connectivity index (χ1n) is 6.84. The number of aromatic amines is 1. The highest BCUT2D eigenvalue weighted by molar-refractivity contribution is 7.91. The van der Waals surface area contributed by atoms with Crippen molar-refractivity contribution in [1.29, 1.82) is 0 Å². The number of nitrogens with zero attached hydrogens (tertiary/aromatic N) is 1. The summed E-state index contributed by atoms with van der Waals surface area (Å²) >= 11 is 1.33. The number of nitrogens with one attached hydrogen (secondary N) is 3. The molecule has 0 spiro atoms. The molecule has 0 bridgehead atoms. The van der Waals surface area contributed by atoms with Crippen molar-refractivity contribution in [1.82, 2.24) is 20.0 Å². The van der Waals surface area contributed by atoms with Crippen LogP contribution in [-0.4, -0.2) is 24.4 Å².